The molecule has 27 heavy (non-hydrogen) atoms. The van der Waals surface area contributed by atoms with Crippen LogP contribution in [0.1, 0.15) is 11.1 Å². The second-order valence-corrected chi connectivity index (χ2v) is 6.54. The molecule has 3 amide bonds. The van der Waals surface area contributed by atoms with Crippen LogP contribution in [0.25, 0.3) is 0 Å². The molecule has 3 atom stereocenters. The number of amides is 3. The second kappa shape index (κ2) is 7.06. The number of hydrogen-bond acceptors (Lipinski definition) is 8. The van der Waals surface area contributed by atoms with E-state index in [0.29, 0.717) is 11.4 Å². The fourth-order valence-corrected chi connectivity index (χ4v) is 2.99. The maximum atomic E-state index is 12.4. The fourth-order valence-electron chi connectivity index (χ4n) is 2.99. The maximum absolute atomic E-state index is 12.4. The van der Waals surface area contributed by atoms with Gasteiger partial charge in [0.25, 0.3) is 5.91 Å². The Balaban J connectivity index is 2.05. The molecule has 144 valence electrons. The van der Waals surface area contributed by atoms with E-state index in [-0.39, 0.29) is 5.84 Å². The maximum Gasteiger partial charge on any atom is 0.349 e. The number of aliphatic hydroxyl groups is 3. The Morgan fingerprint density at radius 1 is 1.26 bits per heavy atom. The number of nitrogens with zero attached hydrogens (tertiary/aromatic N) is 2. The molecule has 3 rings (SSSR count). The molecule has 10 heteroatoms. The van der Waals surface area contributed by atoms with Crippen LogP contribution in [0.4, 0.5) is 16.2 Å². The number of carbonyl (C=O) groups excluding carboxylic acids is 3. The normalized spacial score (nSPS) is 20.7. The first kappa shape index (κ1) is 19.0. The predicted octanol–water partition coefficient (Wildman–Crippen LogP) is -1.16. The van der Waals surface area contributed by atoms with Gasteiger partial charge in [-0.25, -0.2) is 4.79 Å². The Morgan fingerprint density at radius 3 is 2.59 bits per heavy atom. The number of urea groups is 1. The minimum Gasteiger partial charge on any atom is -0.394 e. The molecular formula is C17H20N4O6. The summed E-state index contributed by atoms with van der Waals surface area (Å²) in [4.78, 5) is 41.5. The van der Waals surface area contributed by atoms with Crippen molar-refractivity contribution in [1.29, 1.82) is 0 Å². The molecule has 1 aromatic carbocycles. The highest BCUT2D eigenvalue weighted by Crippen LogP contribution is 2.35. The van der Waals surface area contributed by atoms with Crippen molar-refractivity contribution in [2.24, 2.45) is 4.99 Å². The molecule has 2 heterocycles. The molecule has 0 radical (unpaired) electrons. The van der Waals surface area contributed by atoms with Crippen LogP contribution in [0.5, 0.6) is 0 Å². The van der Waals surface area contributed by atoms with Gasteiger partial charge in [0.1, 0.15) is 18.0 Å². The molecule has 0 aromatic heterocycles. The summed E-state index contributed by atoms with van der Waals surface area (Å²) in [6, 6.07) is 1.75. The van der Waals surface area contributed by atoms with Crippen LogP contribution in [0, 0.1) is 13.8 Å². The van der Waals surface area contributed by atoms with Gasteiger partial charge in [0.15, 0.2) is 11.8 Å². The van der Waals surface area contributed by atoms with E-state index < -0.39 is 49.1 Å². The molecule has 0 spiro atoms. The van der Waals surface area contributed by atoms with Crippen LogP contribution >= 0.6 is 0 Å². The first-order valence-corrected chi connectivity index (χ1v) is 8.31. The molecule has 2 aliphatic heterocycles. The standard InChI is InChI=1S/C17H20N4O6/c1-7-3-9-10(4-8(7)2)21(5-11(23)14(25)12(24)6-22)15-13(18-9)16(26)20-17(27)19-15/h3-4,12-14,18,22,24-25H,5-6H2,1-2H3,(H,20,26,27)/t12-,13?,14+/m1/s1. The number of amidine groups is 1. The Labute approximate surface area is 154 Å². The van der Waals surface area contributed by atoms with Gasteiger partial charge in [0.05, 0.1) is 24.5 Å². The van der Waals surface area contributed by atoms with Crippen molar-refractivity contribution < 1.29 is 29.7 Å². The Hall–Kier alpha value is -2.82. The number of anilines is 2. The largest absolute Gasteiger partial charge is 0.394 e. The third-order valence-electron chi connectivity index (χ3n) is 4.64. The summed E-state index contributed by atoms with van der Waals surface area (Å²) in [5, 5.41) is 33.4. The first-order chi connectivity index (χ1) is 12.7. The molecule has 0 saturated heterocycles. The van der Waals surface area contributed by atoms with Crippen molar-refractivity contribution in [3.8, 4) is 0 Å². The molecule has 0 bridgehead atoms. The quantitative estimate of drug-likeness (QED) is 0.431. The van der Waals surface area contributed by atoms with Crippen molar-refractivity contribution in [2.75, 3.05) is 23.4 Å². The van der Waals surface area contributed by atoms with Gasteiger partial charge in [-0.1, -0.05) is 0 Å². The van der Waals surface area contributed by atoms with Gasteiger partial charge in [-0.3, -0.25) is 14.9 Å². The van der Waals surface area contributed by atoms with Crippen molar-refractivity contribution >= 4 is 34.9 Å². The number of aliphatic hydroxyl groups excluding tert-OH is 3. The number of benzene rings is 1. The number of nitrogens with one attached hydrogen (secondary N) is 2. The second-order valence-electron chi connectivity index (χ2n) is 6.54. The minimum atomic E-state index is -1.81. The molecule has 0 saturated carbocycles. The van der Waals surface area contributed by atoms with E-state index in [0.717, 1.165) is 11.1 Å². The monoisotopic (exact) mass is 376 g/mol. The van der Waals surface area contributed by atoms with Gasteiger partial charge in [-0.05, 0) is 37.1 Å². The van der Waals surface area contributed by atoms with E-state index in [1.807, 2.05) is 19.9 Å². The summed E-state index contributed by atoms with van der Waals surface area (Å²) in [7, 11) is 0. The van der Waals surface area contributed by atoms with Crippen molar-refractivity contribution in [2.45, 2.75) is 32.1 Å². The van der Waals surface area contributed by atoms with Crippen LogP contribution in [-0.2, 0) is 9.59 Å². The molecule has 0 fully saturated rings. The Morgan fingerprint density at radius 2 is 1.93 bits per heavy atom. The van der Waals surface area contributed by atoms with E-state index in [9.17, 15) is 24.6 Å². The number of ketones is 1. The molecular weight excluding hydrogens is 356 g/mol. The number of aliphatic imine (C=N–C) groups is 1. The number of aryl methyl sites for hydroxylation is 2. The van der Waals surface area contributed by atoms with Gasteiger partial charge in [0, 0.05) is 0 Å². The van der Waals surface area contributed by atoms with Gasteiger partial charge in [0.2, 0.25) is 0 Å². The third-order valence-corrected chi connectivity index (χ3v) is 4.64. The smallest absolute Gasteiger partial charge is 0.349 e. The lowest BCUT2D eigenvalue weighted by Crippen LogP contribution is -2.60. The van der Waals surface area contributed by atoms with Crippen LogP contribution in [0.2, 0.25) is 0 Å². The number of carbonyl (C=O) groups is 3. The summed E-state index contributed by atoms with van der Waals surface area (Å²) in [5.41, 5.74) is 2.94. The summed E-state index contributed by atoms with van der Waals surface area (Å²) in [6.45, 7) is 2.54. The molecule has 5 N–H and O–H groups in total. The number of rotatable bonds is 5. The summed E-state index contributed by atoms with van der Waals surface area (Å²) < 4.78 is 0. The zero-order valence-corrected chi connectivity index (χ0v) is 14.8. The van der Waals surface area contributed by atoms with Gasteiger partial charge >= 0.3 is 6.03 Å². The van der Waals surface area contributed by atoms with E-state index in [2.05, 4.69) is 15.6 Å². The topological polar surface area (TPSA) is 152 Å². The summed E-state index contributed by atoms with van der Waals surface area (Å²) in [6.07, 6.45) is -3.44. The number of Topliss-reactive ketones (excluding diaryl/α,β-unsaturated/α-hetero) is 1. The SMILES string of the molecule is Cc1cc2c(cc1C)N(CC(=O)[C@H](O)[C@H](O)CO)C1=NC(=O)NC(=O)C1N2. The van der Waals surface area contributed by atoms with E-state index >= 15 is 0 Å². The lowest BCUT2D eigenvalue weighted by atomic mass is 10.0. The highest BCUT2D eigenvalue weighted by atomic mass is 16.4. The average molecular weight is 376 g/mol. The highest BCUT2D eigenvalue weighted by Gasteiger charge is 2.41. The van der Waals surface area contributed by atoms with Crippen LogP contribution < -0.4 is 15.5 Å². The van der Waals surface area contributed by atoms with E-state index in [1.165, 1.54) is 4.90 Å². The number of imide groups is 1. The molecule has 10 nitrogen and oxygen atoms in total. The number of hydrogen-bond donors (Lipinski definition) is 5. The zero-order chi connectivity index (χ0) is 19.9. The predicted molar refractivity (Wildman–Crippen MR) is 95.8 cm³/mol. The Bertz CT molecular complexity index is 852. The molecule has 0 aliphatic carbocycles. The molecule has 1 aromatic rings. The van der Waals surface area contributed by atoms with E-state index in [1.54, 1.807) is 6.07 Å². The zero-order valence-electron chi connectivity index (χ0n) is 14.8. The summed E-state index contributed by atoms with van der Waals surface area (Å²) >= 11 is 0. The van der Waals surface area contributed by atoms with Gasteiger partial charge in [-0.15, -0.1) is 0 Å². The molecule has 2 aliphatic rings. The first-order valence-electron chi connectivity index (χ1n) is 8.31. The fraction of sp³-hybridized carbons (Fsp3) is 0.412. The van der Waals surface area contributed by atoms with Gasteiger partial charge in [-0.2, -0.15) is 4.99 Å². The Kier molecular flexibility index (Phi) is 4.96. The van der Waals surface area contributed by atoms with Crippen molar-refractivity contribution in [3.05, 3.63) is 23.3 Å². The van der Waals surface area contributed by atoms with Gasteiger partial charge < -0.3 is 25.5 Å². The molecule has 1 unspecified atom stereocenters. The number of fused-ring (bicyclic) bond motifs is 2. The minimum absolute atomic E-state index is 0.0264. The van der Waals surface area contributed by atoms with Crippen LogP contribution in [0.3, 0.4) is 0 Å². The van der Waals surface area contributed by atoms with Crippen LogP contribution in [0.15, 0.2) is 17.1 Å². The lowest BCUT2D eigenvalue weighted by molar-refractivity contribution is -0.133. The average Bonchev–Trinajstić information content (AvgIpc) is 2.62. The summed E-state index contributed by atoms with van der Waals surface area (Å²) in [5.74, 6) is -1.37. The van der Waals surface area contributed by atoms with Crippen LogP contribution in [-0.4, -0.2) is 70.3 Å². The van der Waals surface area contributed by atoms with Crippen molar-refractivity contribution in [1.82, 2.24) is 5.32 Å². The lowest BCUT2D eigenvalue weighted by Gasteiger charge is -2.39. The van der Waals surface area contributed by atoms with E-state index in [4.69, 9.17) is 5.11 Å². The highest BCUT2D eigenvalue weighted by molar-refractivity contribution is 6.27. The van der Waals surface area contributed by atoms with Crippen molar-refractivity contribution in [3.63, 3.8) is 0 Å². The third kappa shape index (κ3) is 3.42.